The molecule has 6 nitrogen and oxygen atoms in total. The normalized spacial score (nSPS) is 12.2. The Morgan fingerprint density at radius 1 is 1.17 bits per heavy atom. The first kappa shape index (κ1) is 19.6. The molecule has 0 saturated carbocycles. The molecule has 1 aromatic rings. The zero-order chi connectivity index (χ0) is 18.2. The van der Waals surface area contributed by atoms with Crippen LogP contribution in [0.1, 0.15) is 39.2 Å². The summed E-state index contributed by atoms with van der Waals surface area (Å²) in [5, 5.41) is 2.11. The van der Waals surface area contributed by atoms with E-state index >= 15 is 0 Å². The van der Waals surface area contributed by atoms with Crippen molar-refractivity contribution >= 4 is 18.1 Å². The van der Waals surface area contributed by atoms with Gasteiger partial charge in [0.25, 0.3) is 0 Å². The number of nitrogens with one attached hydrogen (secondary N) is 1. The molecule has 7 heteroatoms. The Kier molecular flexibility index (Phi) is 7.35. The molecule has 0 unspecified atom stereocenters. The van der Waals surface area contributed by atoms with Gasteiger partial charge in [0.15, 0.2) is 0 Å². The maximum Gasteiger partial charge on any atom is 0.408 e. The number of rotatable bonds is 7. The molecule has 1 aromatic carbocycles. The van der Waals surface area contributed by atoms with E-state index in [1.54, 1.807) is 32.9 Å². The quantitative estimate of drug-likeness (QED) is 0.610. The summed E-state index contributed by atoms with van der Waals surface area (Å²) >= 11 is 0. The minimum Gasteiger partial charge on any atom is -0.461 e. The third-order valence-electron chi connectivity index (χ3n) is 2.84. The second-order valence-electron chi connectivity index (χ2n) is 6.19. The summed E-state index contributed by atoms with van der Waals surface area (Å²) in [7, 11) is 0. The Hall–Kier alpha value is -2.44. The summed E-state index contributed by atoms with van der Waals surface area (Å²) in [4.78, 5) is 34.2. The summed E-state index contributed by atoms with van der Waals surface area (Å²) in [5.41, 5.74) is 0.0404. The summed E-state index contributed by atoms with van der Waals surface area (Å²) in [6.45, 7) is 5.01. The second kappa shape index (κ2) is 9.00. The van der Waals surface area contributed by atoms with Crippen molar-refractivity contribution in [2.45, 2.75) is 51.9 Å². The van der Waals surface area contributed by atoms with Crippen molar-refractivity contribution in [3.8, 4) is 0 Å². The summed E-state index contributed by atoms with van der Waals surface area (Å²) in [5.74, 6) is -0.587. The summed E-state index contributed by atoms with van der Waals surface area (Å²) in [6.07, 6.45) is -1.33. The van der Waals surface area contributed by atoms with Gasteiger partial charge in [0.2, 0.25) is 0 Å². The average molecular weight is 339 g/mol. The van der Waals surface area contributed by atoms with Gasteiger partial charge in [0.05, 0.1) is 0 Å². The van der Waals surface area contributed by atoms with Crippen LogP contribution < -0.4 is 5.32 Å². The average Bonchev–Trinajstić information content (AvgIpc) is 2.48. The van der Waals surface area contributed by atoms with E-state index in [0.29, 0.717) is 0 Å². The fourth-order valence-electron chi connectivity index (χ4n) is 1.76. The molecule has 1 amide bonds. The van der Waals surface area contributed by atoms with Crippen LogP contribution in [0, 0.1) is 0 Å². The fourth-order valence-corrected chi connectivity index (χ4v) is 1.76. The Morgan fingerprint density at radius 2 is 1.79 bits per heavy atom. The van der Waals surface area contributed by atoms with Gasteiger partial charge in [-0.15, -0.1) is 0 Å². The molecule has 0 fully saturated rings. The van der Waals surface area contributed by atoms with E-state index in [1.165, 1.54) is 0 Å². The molecule has 0 aromatic heterocycles. The number of alkyl carbamates (subject to hydrolysis) is 1. The smallest absolute Gasteiger partial charge is 0.408 e. The third kappa shape index (κ3) is 8.26. The first-order valence-electron chi connectivity index (χ1n) is 7.56. The Bertz CT molecular complexity index is 568. The van der Waals surface area contributed by atoms with Crippen LogP contribution in [0.3, 0.4) is 0 Å². The first-order valence-corrected chi connectivity index (χ1v) is 7.56. The van der Waals surface area contributed by atoms with Gasteiger partial charge in [-0.3, -0.25) is 9.59 Å². The Labute approximate surface area is 140 Å². The molecule has 0 spiro atoms. The molecule has 0 aliphatic heterocycles. The number of hydrogen-bond acceptors (Lipinski definition) is 5. The van der Waals surface area contributed by atoms with Crippen LogP contribution in [-0.4, -0.2) is 29.7 Å². The minimum absolute atomic E-state index is 0.0907. The van der Waals surface area contributed by atoms with Gasteiger partial charge in [0, 0.05) is 6.42 Å². The highest BCUT2D eigenvalue weighted by Gasteiger charge is 2.25. The number of hydrogen-bond donors (Lipinski definition) is 1. The fraction of sp³-hybridized carbons (Fsp3) is 0.471. The lowest BCUT2D eigenvalue weighted by molar-refractivity contribution is -0.145. The summed E-state index contributed by atoms with van der Waals surface area (Å²) in [6, 6.07) is 5.87. The van der Waals surface area contributed by atoms with Crippen molar-refractivity contribution < 1.29 is 28.2 Å². The van der Waals surface area contributed by atoms with E-state index < -0.39 is 29.7 Å². The highest BCUT2D eigenvalue weighted by Crippen LogP contribution is 2.09. The highest BCUT2D eigenvalue weighted by molar-refractivity contribution is 5.81. The van der Waals surface area contributed by atoms with E-state index in [4.69, 9.17) is 9.47 Å². The molecule has 1 atom stereocenters. The van der Waals surface area contributed by atoms with Gasteiger partial charge in [-0.2, -0.15) is 4.39 Å². The lowest BCUT2D eigenvalue weighted by atomic mass is 10.1. The van der Waals surface area contributed by atoms with Crippen LogP contribution in [0.5, 0.6) is 0 Å². The van der Waals surface area contributed by atoms with Gasteiger partial charge in [0.1, 0.15) is 18.2 Å². The Balaban J connectivity index is 2.41. The highest BCUT2D eigenvalue weighted by atomic mass is 19.1. The lowest BCUT2D eigenvalue weighted by Crippen LogP contribution is -2.42. The van der Waals surface area contributed by atoms with Crippen molar-refractivity contribution in [1.29, 1.82) is 0 Å². The van der Waals surface area contributed by atoms with Crippen molar-refractivity contribution in [3.63, 3.8) is 0 Å². The van der Waals surface area contributed by atoms with E-state index in [9.17, 15) is 18.8 Å². The molecular weight excluding hydrogens is 317 g/mol. The molecule has 0 radical (unpaired) electrons. The topological polar surface area (TPSA) is 81.7 Å². The van der Waals surface area contributed by atoms with E-state index in [0.717, 1.165) is 5.56 Å². The van der Waals surface area contributed by atoms with Crippen LogP contribution >= 0.6 is 0 Å². The molecule has 0 bridgehead atoms. The van der Waals surface area contributed by atoms with Crippen LogP contribution in [0.4, 0.5) is 9.18 Å². The van der Waals surface area contributed by atoms with Gasteiger partial charge >= 0.3 is 18.1 Å². The number of benzene rings is 1. The van der Waals surface area contributed by atoms with Crippen LogP contribution in [-0.2, 0) is 25.7 Å². The molecule has 1 rings (SSSR count). The maximum atomic E-state index is 13.0. The predicted octanol–water partition coefficient (Wildman–Crippen LogP) is 2.90. The second-order valence-corrected chi connectivity index (χ2v) is 6.19. The van der Waals surface area contributed by atoms with Gasteiger partial charge in [-0.1, -0.05) is 30.3 Å². The monoisotopic (exact) mass is 339 g/mol. The van der Waals surface area contributed by atoms with Gasteiger partial charge < -0.3 is 14.8 Å². The van der Waals surface area contributed by atoms with E-state index in [2.05, 4.69) is 5.32 Å². The molecule has 0 aliphatic rings. The lowest BCUT2D eigenvalue weighted by Gasteiger charge is -2.21. The van der Waals surface area contributed by atoms with Crippen LogP contribution in [0.25, 0.3) is 0 Å². The van der Waals surface area contributed by atoms with E-state index in [1.807, 2.05) is 18.2 Å². The zero-order valence-electron chi connectivity index (χ0n) is 14.0. The molecule has 24 heavy (non-hydrogen) atoms. The Morgan fingerprint density at radius 3 is 2.33 bits per heavy atom. The number of carbonyl (C=O) groups is 3. The van der Waals surface area contributed by atoms with Crippen molar-refractivity contribution in [2.75, 3.05) is 0 Å². The number of amides is 1. The number of esters is 1. The SMILES string of the molecule is CC(C)(C)OC(=O)N[C@@H](CCC(=O)OCc1ccccc1)C(=O)F. The standard InChI is InChI=1S/C17H22FNO5/c1-17(2,3)24-16(22)19-13(15(18)21)9-10-14(20)23-11-12-7-5-4-6-8-12/h4-8,13H,9-11H2,1-3H3,(H,19,22)/t13-/m0/s1. The third-order valence-corrected chi connectivity index (χ3v) is 2.84. The molecule has 132 valence electrons. The first-order chi connectivity index (χ1) is 11.2. The van der Waals surface area contributed by atoms with Crippen molar-refractivity contribution in [1.82, 2.24) is 5.32 Å². The molecule has 0 aliphatic carbocycles. The molecule has 1 N–H and O–H groups in total. The minimum atomic E-state index is -1.74. The van der Waals surface area contributed by atoms with Gasteiger partial charge in [-0.05, 0) is 32.8 Å². The zero-order valence-corrected chi connectivity index (χ0v) is 14.0. The van der Waals surface area contributed by atoms with Crippen LogP contribution in [0.15, 0.2) is 30.3 Å². The molecule has 0 heterocycles. The number of ether oxygens (including phenoxy) is 2. The largest absolute Gasteiger partial charge is 0.461 e. The van der Waals surface area contributed by atoms with Crippen LogP contribution in [0.2, 0.25) is 0 Å². The van der Waals surface area contributed by atoms with Crippen molar-refractivity contribution in [2.24, 2.45) is 0 Å². The predicted molar refractivity (Wildman–Crippen MR) is 84.7 cm³/mol. The number of carbonyl (C=O) groups excluding carboxylic acids is 3. The summed E-state index contributed by atoms with van der Waals surface area (Å²) < 4.78 is 23.0. The molecular formula is C17H22FNO5. The van der Waals surface area contributed by atoms with Crippen molar-refractivity contribution in [3.05, 3.63) is 35.9 Å². The maximum absolute atomic E-state index is 13.0. The number of halogens is 1. The van der Waals surface area contributed by atoms with E-state index in [-0.39, 0.29) is 19.4 Å². The molecule has 0 saturated heterocycles. The van der Waals surface area contributed by atoms with Gasteiger partial charge in [-0.25, -0.2) is 4.79 Å².